The topological polar surface area (TPSA) is 73.3 Å². The van der Waals surface area contributed by atoms with Crippen molar-refractivity contribution in [2.24, 2.45) is 0 Å². The fourth-order valence-corrected chi connectivity index (χ4v) is 1.71. The number of nitrogens with two attached hydrogens (primary N) is 1. The quantitative estimate of drug-likeness (QED) is 0.593. The lowest BCUT2D eigenvalue weighted by atomic mass is 10.1. The highest BCUT2D eigenvalue weighted by Gasteiger charge is 2.04. The molecule has 1 aromatic carbocycles. The first-order valence-corrected chi connectivity index (χ1v) is 5.87. The highest BCUT2D eigenvalue weighted by molar-refractivity contribution is 5.75. The highest BCUT2D eigenvalue weighted by atomic mass is 16.5. The summed E-state index contributed by atoms with van der Waals surface area (Å²) in [6.45, 7) is 1.60. The molecule has 0 aliphatic rings. The lowest BCUT2D eigenvalue weighted by Gasteiger charge is -2.03. The molecule has 0 fully saturated rings. The SMILES string of the molecule is Nc1ccccc1-c1cnn(CCOCCO)c1. The van der Waals surface area contributed by atoms with Crippen LogP contribution in [0.4, 0.5) is 5.69 Å². The van der Waals surface area contributed by atoms with Gasteiger partial charge in [-0.1, -0.05) is 18.2 Å². The van der Waals surface area contributed by atoms with Gasteiger partial charge < -0.3 is 15.6 Å². The minimum atomic E-state index is 0.0465. The van der Waals surface area contributed by atoms with Gasteiger partial charge in [-0.2, -0.15) is 5.10 Å². The zero-order chi connectivity index (χ0) is 12.8. The van der Waals surface area contributed by atoms with Gasteiger partial charge in [0, 0.05) is 23.0 Å². The summed E-state index contributed by atoms with van der Waals surface area (Å²) in [6.07, 6.45) is 3.73. The zero-order valence-electron chi connectivity index (χ0n) is 10.1. The number of ether oxygens (including phenoxy) is 1. The molecule has 5 nitrogen and oxygen atoms in total. The number of aliphatic hydroxyl groups excluding tert-OH is 1. The maximum atomic E-state index is 8.59. The monoisotopic (exact) mass is 247 g/mol. The summed E-state index contributed by atoms with van der Waals surface area (Å²) in [7, 11) is 0. The maximum Gasteiger partial charge on any atom is 0.0698 e. The van der Waals surface area contributed by atoms with E-state index in [1.807, 2.05) is 30.5 Å². The Hall–Kier alpha value is -1.85. The van der Waals surface area contributed by atoms with E-state index in [9.17, 15) is 0 Å². The molecule has 0 radical (unpaired) electrons. The first kappa shape index (κ1) is 12.6. The van der Waals surface area contributed by atoms with Crippen molar-refractivity contribution in [3.63, 3.8) is 0 Å². The molecule has 18 heavy (non-hydrogen) atoms. The van der Waals surface area contributed by atoms with Crippen LogP contribution in [0.5, 0.6) is 0 Å². The molecule has 0 atom stereocenters. The Morgan fingerprint density at radius 3 is 2.89 bits per heavy atom. The van der Waals surface area contributed by atoms with Gasteiger partial charge in [-0.15, -0.1) is 0 Å². The first-order chi connectivity index (χ1) is 8.81. The van der Waals surface area contributed by atoms with Crippen molar-refractivity contribution in [2.45, 2.75) is 6.54 Å². The highest BCUT2D eigenvalue weighted by Crippen LogP contribution is 2.24. The van der Waals surface area contributed by atoms with Crippen LogP contribution in [0.25, 0.3) is 11.1 Å². The van der Waals surface area contributed by atoms with Gasteiger partial charge in [0.25, 0.3) is 0 Å². The molecule has 0 bridgehead atoms. The maximum absolute atomic E-state index is 8.59. The van der Waals surface area contributed by atoms with Gasteiger partial charge in [0.05, 0.1) is 32.6 Å². The number of rotatable bonds is 6. The third kappa shape index (κ3) is 3.09. The molecule has 1 heterocycles. The predicted molar refractivity (Wildman–Crippen MR) is 70.0 cm³/mol. The fraction of sp³-hybridized carbons (Fsp3) is 0.308. The van der Waals surface area contributed by atoms with E-state index < -0.39 is 0 Å². The fourth-order valence-electron chi connectivity index (χ4n) is 1.71. The van der Waals surface area contributed by atoms with E-state index >= 15 is 0 Å². The molecule has 3 N–H and O–H groups in total. The summed E-state index contributed by atoms with van der Waals surface area (Å²) in [5.74, 6) is 0. The molecule has 5 heteroatoms. The Morgan fingerprint density at radius 1 is 1.28 bits per heavy atom. The van der Waals surface area contributed by atoms with E-state index in [1.54, 1.807) is 10.9 Å². The Morgan fingerprint density at radius 2 is 2.11 bits per heavy atom. The summed E-state index contributed by atoms with van der Waals surface area (Å²) < 4.78 is 6.99. The molecule has 0 saturated heterocycles. The second kappa shape index (κ2) is 6.18. The average Bonchev–Trinajstić information content (AvgIpc) is 2.84. The third-order valence-electron chi connectivity index (χ3n) is 2.61. The van der Waals surface area contributed by atoms with Crippen LogP contribution < -0.4 is 5.73 Å². The van der Waals surface area contributed by atoms with E-state index in [0.717, 1.165) is 16.8 Å². The second-order valence-corrected chi connectivity index (χ2v) is 3.92. The molecule has 0 aliphatic heterocycles. The number of nitrogen functional groups attached to an aromatic ring is 1. The number of benzene rings is 1. The van der Waals surface area contributed by atoms with E-state index in [1.165, 1.54) is 0 Å². The van der Waals surface area contributed by atoms with Crippen molar-refractivity contribution >= 4 is 5.69 Å². The largest absolute Gasteiger partial charge is 0.398 e. The summed E-state index contributed by atoms with van der Waals surface area (Å²) in [5.41, 5.74) is 8.64. The van der Waals surface area contributed by atoms with Crippen molar-refractivity contribution in [3.8, 4) is 11.1 Å². The van der Waals surface area contributed by atoms with Gasteiger partial charge in [-0.05, 0) is 6.07 Å². The summed E-state index contributed by atoms with van der Waals surface area (Å²) in [5, 5.41) is 12.8. The molecule has 96 valence electrons. The smallest absolute Gasteiger partial charge is 0.0698 e. The zero-order valence-corrected chi connectivity index (χ0v) is 10.1. The van der Waals surface area contributed by atoms with E-state index in [0.29, 0.717) is 19.8 Å². The number of anilines is 1. The van der Waals surface area contributed by atoms with Crippen molar-refractivity contribution in [1.82, 2.24) is 9.78 Å². The molecule has 1 aromatic heterocycles. The number of hydrogen-bond acceptors (Lipinski definition) is 4. The molecular weight excluding hydrogens is 230 g/mol. The van der Waals surface area contributed by atoms with Gasteiger partial charge >= 0.3 is 0 Å². The number of nitrogens with zero attached hydrogens (tertiary/aromatic N) is 2. The number of hydrogen-bond donors (Lipinski definition) is 2. The lowest BCUT2D eigenvalue weighted by molar-refractivity contribution is 0.0854. The van der Waals surface area contributed by atoms with Crippen LogP contribution in [0.2, 0.25) is 0 Å². The molecular formula is C13H17N3O2. The molecule has 0 spiro atoms. The predicted octanol–water partition coefficient (Wildman–Crippen LogP) is 1.14. The van der Waals surface area contributed by atoms with Crippen molar-refractivity contribution in [2.75, 3.05) is 25.6 Å². The van der Waals surface area contributed by atoms with Gasteiger partial charge in [0.2, 0.25) is 0 Å². The first-order valence-electron chi connectivity index (χ1n) is 5.87. The van der Waals surface area contributed by atoms with Crippen LogP contribution in [0.15, 0.2) is 36.7 Å². The Kier molecular flexibility index (Phi) is 4.33. The van der Waals surface area contributed by atoms with Crippen molar-refractivity contribution in [1.29, 1.82) is 0 Å². The van der Waals surface area contributed by atoms with Crippen LogP contribution in [0.3, 0.4) is 0 Å². The van der Waals surface area contributed by atoms with Crippen LogP contribution >= 0.6 is 0 Å². The number of aromatic nitrogens is 2. The average molecular weight is 247 g/mol. The van der Waals surface area contributed by atoms with Crippen LogP contribution in [0.1, 0.15) is 0 Å². The Labute approximate surface area is 106 Å². The van der Waals surface area contributed by atoms with E-state index in [2.05, 4.69) is 5.10 Å². The minimum absolute atomic E-state index is 0.0465. The number of aliphatic hydroxyl groups is 1. The normalized spacial score (nSPS) is 10.7. The molecule has 0 saturated carbocycles. The standard InChI is InChI=1S/C13H17N3O2/c14-13-4-2-1-3-12(13)11-9-15-16(10-11)5-7-18-8-6-17/h1-4,9-10,17H,5-8,14H2. The molecule has 0 amide bonds. The van der Waals surface area contributed by atoms with Gasteiger partial charge in [0.1, 0.15) is 0 Å². The second-order valence-electron chi connectivity index (χ2n) is 3.92. The van der Waals surface area contributed by atoms with Crippen molar-refractivity contribution < 1.29 is 9.84 Å². The van der Waals surface area contributed by atoms with Crippen molar-refractivity contribution in [3.05, 3.63) is 36.7 Å². The Balaban J connectivity index is 2.00. The summed E-state index contributed by atoms with van der Waals surface area (Å²) >= 11 is 0. The number of para-hydroxylation sites is 1. The summed E-state index contributed by atoms with van der Waals surface area (Å²) in [4.78, 5) is 0. The molecule has 0 unspecified atom stereocenters. The molecule has 0 aliphatic carbocycles. The minimum Gasteiger partial charge on any atom is -0.398 e. The molecule has 2 rings (SSSR count). The lowest BCUT2D eigenvalue weighted by Crippen LogP contribution is -2.08. The van der Waals surface area contributed by atoms with Gasteiger partial charge in [0.15, 0.2) is 0 Å². The third-order valence-corrected chi connectivity index (χ3v) is 2.61. The van der Waals surface area contributed by atoms with Crippen LogP contribution in [0, 0.1) is 0 Å². The molecule has 2 aromatic rings. The van der Waals surface area contributed by atoms with Gasteiger partial charge in [-0.3, -0.25) is 4.68 Å². The van der Waals surface area contributed by atoms with Crippen LogP contribution in [-0.4, -0.2) is 34.7 Å². The van der Waals surface area contributed by atoms with E-state index in [-0.39, 0.29) is 6.61 Å². The van der Waals surface area contributed by atoms with Crippen LogP contribution in [-0.2, 0) is 11.3 Å². The summed E-state index contributed by atoms with van der Waals surface area (Å²) in [6, 6.07) is 7.70. The van der Waals surface area contributed by atoms with E-state index in [4.69, 9.17) is 15.6 Å². The Bertz CT molecular complexity index is 496. The van der Waals surface area contributed by atoms with Gasteiger partial charge in [-0.25, -0.2) is 0 Å².